The summed E-state index contributed by atoms with van der Waals surface area (Å²) in [5.41, 5.74) is 1.27. The molecule has 1 aromatic heterocycles. The maximum Gasteiger partial charge on any atom is 0.288 e. The fraction of sp³-hybridized carbons (Fsp3) is 0.100. The summed E-state index contributed by atoms with van der Waals surface area (Å²) in [4.78, 5) is 14.0. The molecule has 1 N–H and O–H groups in total. The molecule has 0 unspecified atom stereocenters. The Morgan fingerprint density at radius 3 is 2.80 bits per heavy atom. The molecule has 0 aliphatic rings. The Hall–Kier alpha value is -2.17. The average molecular weight is 204 g/mol. The fourth-order valence-corrected chi connectivity index (χ4v) is 1.48. The van der Waals surface area contributed by atoms with Gasteiger partial charge in [0, 0.05) is 17.5 Å². The molecular formula is C10H8N2O3. The molecule has 0 saturated heterocycles. The number of fused-ring (bicyclic) bond motifs is 1. The zero-order valence-corrected chi connectivity index (χ0v) is 7.97. The molecule has 5 nitrogen and oxygen atoms in total. The highest BCUT2D eigenvalue weighted by Crippen LogP contribution is 2.25. The van der Waals surface area contributed by atoms with E-state index in [9.17, 15) is 15.2 Å². The van der Waals surface area contributed by atoms with Crippen LogP contribution >= 0.6 is 0 Å². The van der Waals surface area contributed by atoms with Crippen LogP contribution in [0.3, 0.4) is 0 Å². The number of nitro groups is 1. The molecule has 76 valence electrons. The van der Waals surface area contributed by atoms with Crippen molar-refractivity contribution in [3.63, 3.8) is 0 Å². The third-order valence-electron chi connectivity index (χ3n) is 2.19. The van der Waals surface area contributed by atoms with Gasteiger partial charge in [-0.05, 0) is 18.6 Å². The van der Waals surface area contributed by atoms with Crippen molar-refractivity contribution in [2.24, 2.45) is 0 Å². The minimum absolute atomic E-state index is 0.0451. The van der Waals surface area contributed by atoms with Crippen LogP contribution in [0.15, 0.2) is 24.4 Å². The van der Waals surface area contributed by atoms with E-state index in [0.717, 1.165) is 5.56 Å². The van der Waals surface area contributed by atoms with Crippen LogP contribution in [0.5, 0.6) is 5.75 Å². The fourth-order valence-electron chi connectivity index (χ4n) is 1.48. The van der Waals surface area contributed by atoms with Gasteiger partial charge in [-0.2, -0.15) is 0 Å². The van der Waals surface area contributed by atoms with Crippen molar-refractivity contribution >= 4 is 16.6 Å². The largest absolute Gasteiger partial charge is 0.508 e. The summed E-state index contributed by atoms with van der Waals surface area (Å²) in [6.07, 6.45) is 1.18. The predicted octanol–water partition coefficient (Wildman–Crippen LogP) is 2.16. The molecule has 2 rings (SSSR count). The topological polar surface area (TPSA) is 76.3 Å². The number of aromatic nitrogens is 1. The van der Waals surface area contributed by atoms with Gasteiger partial charge in [-0.3, -0.25) is 10.1 Å². The second kappa shape index (κ2) is 3.20. The molecule has 5 heteroatoms. The smallest absolute Gasteiger partial charge is 0.288 e. The highest BCUT2D eigenvalue weighted by molar-refractivity contribution is 5.85. The summed E-state index contributed by atoms with van der Waals surface area (Å²) in [5, 5.41) is 20.5. The Labute approximate surface area is 85.1 Å². The van der Waals surface area contributed by atoms with E-state index in [2.05, 4.69) is 4.98 Å². The number of aryl methyl sites for hydroxylation is 1. The highest BCUT2D eigenvalue weighted by atomic mass is 16.6. The van der Waals surface area contributed by atoms with E-state index in [1.807, 2.05) is 0 Å². The molecule has 0 atom stereocenters. The van der Waals surface area contributed by atoms with Crippen molar-refractivity contribution < 1.29 is 10.0 Å². The van der Waals surface area contributed by atoms with E-state index in [1.54, 1.807) is 13.0 Å². The average Bonchev–Trinajstić information content (AvgIpc) is 2.16. The lowest BCUT2D eigenvalue weighted by Gasteiger charge is -2.02. The summed E-state index contributed by atoms with van der Waals surface area (Å²) >= 11 is 0. The number of pyridine rings is 1. The summed E-state index contributed by atoms with van der Waals surface area (Å²) in [6, 6.07) is 4.48. The van der Waals surface area contributed by atoms with Crippen molar-refractivity contribution in [2.45, 2.75) is 6.92 Å². The van der Waals surface area contributed by atoms with Crippen LogP contribution in [0.25, 0.3) is 10.9 Å². The minimum atomic E-state index is -0.487. The number of phenols is 1. The van der Waals surface area contributed by atoms with E-state index < -0.39 is 4.92 Å². The van der Waals surface area contributed by atoms with Crippen LogP contribution in [-0.2, 0) is 0 Å². The first-order chi connectivity index (χ1) is 7.08. The zero-order valence-electron chi connectivity index (χ0n) is 7.97. The van der Waals surface area contributed by atoms with Crippen LogP contribution in [0.2, 0.25) is 0 Å². The molecule has 1 heterocycles. The lowest BCUT2D eigenvalue weighted by Crippen LogP contribution is -1.90. The molecule has 2 aromatic rings. The second-order valence-corrected chi connectivity index (χ2v) is 3.28. The summed E-state index contributed by atoms with van der Waals surface area (Å²) in [6.45, 7) is 1.77. The quantitative estimate of drug-likeness (QED) is 0.570. The predicted molar refractivity (Wildman–Crippen MR) is 54.8 cm³/mol. The van der Waals surface area contributed by atoms with Gasteiger partial charge in [0.25, 0.3) is 5.69 Å². The molecular weight excluding hydrogens is 196 g/mol. The molecule has 1 aromatic carbocycles. The third-order valence-corrected chi connectivity index (χ3v) is 2.19. The summed E-state index contributed by atoms with van der Waals surface area (Å²) in [5.74, 6) is 0.112. The number of hydrogen-bond acceptors (Lipinski definition) is 4. The van der Waals surface area contributed by atoms with Gasteiger partial charge >= 0.3 is 0 Å². The Morgan fingerprint density at radius 1 is 1.40 bits per heavy atom. The minimum Gasteiger partial charge on any atom is -0.508 e. The maximum atomic E-state index is 10.5. The molecule has 0 bridgehead atoms. The number of rotatable bonds is 1. The molecule has 0 fully saturated rings. The van der Waals surface area contributed by atoms with E-state index in [-0.39, 0.29) is 11.4 Å². The number of aromatic hydroxyl groups is 1. The molecule has 0 spiro atoms. The first-order valence-corrected chi connectivity index (χ1v) is 4.31. The number of hydrogen-bond donors (Lipinski definition) is 1. The van der Waals surface area contributed by atoms with Crippen molar-refractivity contribution in [3.8, 4) is 5.75 Å². The number of phenolic OH excluding ortho intramolecular Hbond substituents is 1. The van der Waals surface area contributed by atoms with Crippen LogP contribution in [0, 0.1) is 17.0 Å². The van der Waals surface area contributed by atoms with E-state index in [0.29, 0.717) is 10.9 Å². The van der Waals surface area contributed by atoms with Gasteiger partial charge in [-0.1, -0.05) is 0 Å². The van der Waals surface area contributed by atoms with Gasteiger partial charge in [0.05, 0.1) is 10.4 Å². The zero-order chi connectivity index (χ0) is 11.0. The Bertz CT molecular complexity index is 552. The van der Waals surface area contributed by atoms with Crippen molar-refractivity contribution in [1.82, 2.24) is 4.98 Å². The van der Waals surface area contributed by atoms with Gasteiger partial charge in [0.1, 0.15) is 11.9 Å². The van der Waals surface area contributed by atoms with Gasteiger partial charge in [-0.15, -0.1) is 0 Å². The Kier molecular flexibility index (Phi) is 2.00. The lowest BCUT2D eigenvalue weighted by atomic mass is 10.1. The lowest BCUT2D eigenvalue weighted by molar-refractivity contribution is -0.385. The molecule has 0 saturated carbocycles. The molecule has 0 aliphatic heterocycles. The van der Waals surface area contributed by atoms with Gasteiger partial charge in [0.2, 0.25) is 0 Å². The summed E-state index contributed by atoms with van der Waals surface area (Å²) in [7, 11) is 0. The van der Waals surface area contributed by atoms with Crippen molar-refractivity contribution in [1.29, 1.82) is 0 Å². The highest BCUT2D eigenvalue weighted by Gasteiger charge is 2.09. The van der Waals surface area contributed by atoms with Gasteiger partial charge < -0.3 is 5.11 Å². The molecule has 0 aliphatic carbocycles. The van der Waals surface area contributed by atoms with Crippen LogP contribution in [0.1, 0.15) is 5.56 Å². The third kappa shape index (κ3) is 1.59. The summed E-state index contributed by atoms with van der Waals surface area (Å²) < 4.78 is 0. The maximum absolute atomic E-state index is 10.5. The normalized spacial score (nSPS) is 10.5. The van der Waals surface area contributed by atoms with Crippen LogP contribution < -0.4 is 0 Å². The van der Waals surface area contributed by atoms with Crippen LogP contribution in [0.4, 0.5) is 5.69 Å². The molecule has 0 radical (unpaired) electrons. The molecule has 0 amide bonds. The first-order valence-electron chi connectivity index (χ1n) is 4.31. The van der Waals surface area contributed by atoms with Crippen molar-refractivity contribution in [2.75, 3.05) is 0 Å². The van der Waals surface area contributed by atoms with Crippen LogP contribution in [-0.4, -0.2) is 15.0 Å². The first kappa shape index (κ1) is 9.39. The Morgan fingerprint density at radius 2 is 2.13 bits per heavy atom. The number of benzene rings is 1. The standard InChI is InChI=1S/C10H8N2O3/c1-6-2-8(13)4-10-9(6)3-7(5-11-10)12(14)15/h2-5,13H,1H3. The van der Waals surface area contributed by atoms with E-state index >= 15 is 0 Å². The SMILES string of the molecule is Cc1cc(O)cc2ncc([N+](=O)[O-])cc12. The van der Waals surface area contributed by atoms with Gasteiger partial charge in [-0.25, -0.2) is 4.98 Å². The number of nitrogens with zero attached hydrogens (tertiary/aromatic N) is 2. The Balaban J connectivity index is 2.76. The van der Waals surface area contributed by atoms with E-state index in [1.165, 1.54) is 18.3 Å². The van der Waals surface area contributed by atoms with Crippen molar-refractivity contribution in [3.05, 3.63) is 40.1 Å². The van der Waals surface area contributed by atoms with E-state index in [4.69, 9.17) is 0 Å². The van der Waals surface area contributed by atoms with Gasteiger partial charge in [0.15, 0.2) is 0 Å². The second-order valence-electron chi connectivity index (χ2n) is 3.28. The molecule has 15 heavy (non-hydrogen) atoms. The monoisotopic (exact) mass is 204 g/mol.